The first kappa shape index (κ1) is 15.1. The fourth-order valence-corrected chi connectivity index (χ4v) is 2.29. The normalized spacial score (nSPS) is 27.5. The van der Waals surface area contributed by atoms with Crippen molar-refractivity contribution in [1.29, 1.82) is 0 Å². The van der Waals surface area contributed by atoms with Gasteiger partial charge in [-0.3, -0.25) is 4.79 Å². The summed E-state index contributed by atoms with van der Waals surface area (Å²) in [7, 11) is 0. The highest BCUT2D eigenvalue weighted by Crippen LogP contribution is 2.44. The third-order valence-electron chi connectivity index (χ3n) is 3.63. The van der Waals surface area contributed by atoms with Gasteiger partial charge in [0, 0.05) is 12.0 Å². The molecular formula is C16H17FO5. The van der Waals surface area contributed by atoms with E-state index in [9.17, 15) is 14.3 Å². The van der Waals surface area contributed by atoms with E-state index in [1.165, 1.54) is 6.08 Å². The second-order valence-corrected chi connectivity index (χ2v) is 5.32. The molecule has 0 saturated heterocycles. The van der Waals surface area contributed by atoms with Crippen LogP contribution in [0.2, 0.25) is 0 Å². The van der Waals surface area contributed by atoms with Crippen LogP contribution in [0.5, 0.6) is 5.75 Å². The lowest BCUT2D eigenvalue weighted by atomic mass is 10.2. The van der Waals surface area contributed by atoms with Gasteiger partial charge in [-0.15, -0.1) is 0 Å². The van der Waals surface area contributed by atoms with Crippen molar-refractivity contribution in [1.82, 2.24) is 0 Å². The lowest BCUT2D eigenvalue weighted by molar-refractivity contribution is -0.153. The van der Waals surface area contributed by atoms with Gasteiger partial charge in [0.25, 0.3) is 0 Å². The summed E-state index contributed by atoms with van der Waals surface area (Å²) < 4.78 is 29.5. The van der Waals surface area contributed by atoms with Crippen LogP contribution in [0.25, 0.3) is 0 Å². The number of carbonyl (C=O) groups excluding carboxylic acids is 1. The summed E-state index contributed by atoms with van der Waals surface area (Å²) in [6.45, 7) is -0.776. The van der Waals surface area contributed by atoms with Gasteiger partial charge in [0.2, 0.25) is 5.78 Å². The monoisotopic (exact) mass is 308 g/mol. The Morgan fingerprint density at radius 1 is 1.41 bits per heavy atom. The molecule has 22 heavy (non-hydrogen) atoms. The van der Waals surface area contributed by atoms with Crippen LogP contribution in [0, 0.1) is 5.92 Å². The minimum Gasteiger partial charge on any atom is -0.480 e. The number of hydrogen-bond donors (Lipinski definition) is 1. The molecule has 0 aromatic heterocycles. The van der Waals surface area contributed by atoms with Gasteiger partial charge in [0.1, 0.15) is 18.2 Å². The molecule has 1 saturated carbocycles. The zero-order valence-corrected chi connectivity index (χ0v) is 11.9. The SMILES string of the molecule is O=C(COC1C=C(F)C2CC2O1)C(CO)Oc1ccccc1. The number of ether oxygens (including phenoxy) is 3. The Hall–Kier alpha value is -1.76. The third-order valence-corrected chi connectivity index (χ3v) is 3.63. The van der Waals surface area contributed by atoms with Crippen LogP contribution in [0.3, 0.4) is 0 Å². The van der Waals surface area contributed by atoms with Crippen molar-refractivity contribution in [2.24, 2.45) is 5.92 Å². The average Bonchev–Trinajstić information content (AvgIpc) is 3.31. The summed E-state index contributed by atoms with van der Waals surface area (Å²) in [5.41, 5.74) is 0. The maximum absolute atomic E-state index is 13.5. The minimum atomic E-state index is -1.02. The summed E-state index contributed by atoms with van der Waals surface area (Å²) in [4.78, 5) is 12.0. The minimum absolute atomic E-state index is 0.137. The molecule has 1 aliphatic carbocycles. The first-order valence-corrected chi connectivity index (χ1v) is 7.17. The van der Waals surface area contributed by atoms with Crippen LogP contribution in [0.1, 0.15) is 6.42 Å². The van der Waals surface area contributed by atoms with E-state index in [-0.39, 0.29) is 24.5 Å². The van der Waals surface area contributed by atoms with Crippen LogP contribution in [0.15, 0.2) is 42.2 Å². The fourth-order valence-electron chi connectivity index (χ4n) is 2.29. The Bertz CT molecular complexity index is 559. The van der Waals surface area contributed by atoms with E-state index in [1.807, 2.05) is 6.07 Å². The summed E-state index contributed by atoms with van der Waals surface area (Å²) in [5.74, 6) is -0.327. The number of benzene rings is 1. The summed E-state index contributed by atoms with van der Waals surface area (Å²) in [5, 5.41) is 9.28. The van der Waals surface area contributed by atoms with Crippen molar-refractivity contribution in [3.63, 3.8) is 0 Å². The molecule has 4 unspecified atom stereocenters. The molecule has 1 fully saturated rings. The topological polar surface area (TPSA) is 65.0 Å². The van der Waals surface area contributed by atoms with E-state index in [0.29, 0.717) is 12.2 Å². The maximum Gasteiger partial charge on any atom is 0.201 e. The highest BCUT2D eigenvalue weighted by atomic mass is 19.1. The molecule has 1 aromatic carbocycles. The summed E-state index contributed by atoms with van der Waals surface area (Å²) in [6.07, 6.45) is -0.114. The zero-order valence-electron chi connectivity index (χ0n) is 11.9. The largest absolute Gasteiger partial charge is 0.480 e. The molecule has 1 aromatic rings. The van der Waals surface area contributed by atoms with Crippen molar-refractivity contribution in [2.45, 2.75) is 24.9 Å². The molecule has 5 nitrogen and oxygen atoms in total. The van der Waals surface area contributed by atoms with Gasteiger partial charge in [-0.05, 0) is 18.6 Å². The smallest absolute Gasteiger partial charge is 0.201 e. The molecule has 118 valence electrons. The van der Waals surface area contributed by atoms with Crippen molar-refractivity contribution < 1.29 is 28.5 Å². The van der Waals surface area contributed by atoms with E-state index in [2.05, 4.69) is 0 Å². The van der Waals surface area contributed by atoms with Gasteiger partial charge in [0.15, 0.2) is 12.4 Å². The molecule has 3 rings (SSSR count). The van der Waals surface area contributed by atoms with E-state index in [0.717, 1.165) is 0 Å². The number of aliphatic hydroxyl groups is 1. The van der Waals surface area contributed by atoms with Gasteiger partial charge in [-0.1, -0.05) is 18.2 Å². The lowest BCUT2D eigenvalue weighted by Gasteiger charge is -2.20. The third kappa shape index (κ3) is 3.52. The van der Waals surface area contributed by atoms with Crippen LogP contribution < -0.4 is 4.74 Å². The number of halogens is 1. The van der Waals surface area contributed by atoms with E-state index >= 15 is 0 Å². The number of Topliss-reactive ketones (excluding diaryl/α,β-unsaturated/α-hetero) is 1. The van der Waals surface area contributed by atoms with Crippen molar-refractivity contribution in [3.8, 4) is 5.75 Å². The Morgan fingerprint density at radius 3 is 2.86 bits per heavy atom. The molecular weight excluding hydrogens is 291 g/mol. The molecule has 0 radical (unpaired) electrons. The van der Waals surface area contributed by atoms with Gasteiger partial charge in [-0.2, -0.15) is 0 Å². The van der Waals surface area contributed by atoms with Gasteiger partial charge >= 0.3 is 0 Å². The maximum atomic E-state index is 13.5. The zero-order chi connectivity index (χ0) is 15.5. The molecule has 0 amide bonds. The predicted molar refractivity (Wildman–Crippen MR) is 74.9 cm³/mol. The van der Waals surface area contributed by atoms with Crippen LogP contribution in [0.4, 0.5) is 4.39 Å². The number of rotatable bonds is 7. The Morgan fingerprint density at radius 2 is 2.18 bits per heavy atom. The standard InChI is InChI=1S/C16H17FO5/c17-12-7-16(22-14-6-11(12)14)20-9-13(19)15(8-18)21-10-4-2-1-3-5-10/h1-5,7,11,14-16,18H,6,8-9H2. The number of carbonyl (C=O) groups is 1. The molecule has 2 aliphatic rings. The highest BCUT2D eigenvalue weighted by molar-refractivity contribution is 5.84. The lowest BCUT2D eigenvalue weighted by Crippen LogP contribution is -2.35. The molecule has 6 heteroatoms. The Balaban J connectivity index is 1.51. The number of ketones is 1. The number of fused-ring (bicyclic) bond motifs is 1. The van der Waals surface area contributed by atoms with Gasteiger partial charge in [0.05, 0.1) is 12.7 Å². The second kappa shape index (κ2) is 6.56. The quantitative estimate of drug-likeness (QED) is 0.829. The number of hydrogen-bond acceptors (Lipinski definition) is 5. The molecule has 4 atom stereocenters. The predicted octanol–water partition coefficient (Wildman–Crippen LogP) is 1.61. The second-order valence-electron chi connectivity index (χ2n) is 5.32. The van der Waals surface area contributed by atoms with Crippen LogP contribution in [-0.2, 0) is 14.3 Å². The highest BCUT2D eigenvalue weighted by Gasteiger charge is 2.46. The van der Waals surface area contributed by atoms with Crippen LogP contribution >= 0.6 is 0 Å². The first-order chi connectivity index (χ1) is 10.7. The fraction of sp³-hybridized carbons (Fsp3) is 0.438. The van der Waals surface area contributed by atoms with Crippen molar-refractivity contribution >= 4 is 5.78 Å². The van der Waals surface area contributed by atoms with E-state index in [1.54, 1.807) is 24.3 Å². The van der Waals surface area contributed by atoms with Crippen molar-refractivity contribution in [2.75, 3.05) is 13.2 Å². The Labute approximate surface area is 127 Å². The summed E-state index contributed by atoms with van der Waals surface area (Å²) in [6, 6.07) is 8.72. The van der Waals surface area contributed by atoms with Crippen LogP contribution in [-0.4, -0.2) is 42.6 Å². The number of para-hydroxylation sites is 1. The first-order valence-electron chi connectivity index (χ1n) is 7.17. The van der Waals surface area contributed by atoms with Gasteiger partial charge < -0.3 is 19.3 Å². The summed E-state index contributed by atoms with van der Waals surface area (Å²) >= 11 is 0. The Kier molecular flexibility index (Phi) is 4.52. The van der Waals surface area contributed by atoms with E-state index in [4.69, 9.17) is 14.2 Å². The molecule has 1 heterocycles. The van der Waals surface area contributed by atoms with Gasteiger partial charge in [-0.25, -0.2) is 4.39 Å². The average molecular weight is 308 g/mol. The van der Waals surface area contributed by atoms with E-state index < -0.39 is 24.8 Å². The molecule has 0 spiro atoms. The number of aliphatic hydroxyl groups excluding tert-OH is 1. The van der Waals surface area contributed by atoms with Crippen molar-refractivity contribution in [3.05, 3.63) is 42.2 Å². The molecule has 0 bridgehead atoms. The molecule has 1 aliphatic heterocycles. The molecule has 1 N–H and O–H groups in total.